The maximum absolute atomic E-state index is 12.0. The Kier molecular flexibility index (Phi) is 4.96. The van der Waals surface area contributed by atoms with E-state index in [1.807, 2.05) is 36.4 Å². The second-order valence-electron chi connectivity index (χ2n) is 5.45. The van der Waals surface area contributed by atoms with Crippen LogP contribution in [0.1, 0.15) is 17.5 Å². The second kappa shape index (κ2) is 7.32. The highest BCUT2D eigenvalue weighted by molar-refractivity contribution is 6.30. The molecule has 5 heteroatoms. The quantitative estimate of drug-likeness (QED) is 0.840. The van der Waals surface area contributed by atoms with Gasteiger partial charge in [0.15, 0.2) is 0 Å². The first kappa shape index (κ1) is 16.3. The van der Waals surface area contributed by atoms with Gasteiger partial charge in [-0.05, 0) is 47.9 Å². The summed E-state index contributed by atoms with van der Waals surface area (Å²) in [5, 5.41) is 3.48. The van der Waals surface area contributed by atoms with Crippen LogP contribution in [0.15, 0.2) is 59.2 Å². The summed E-state index contributed by atoms with van der Waals surface area (Å²) in [6.45, 7) is 0. The third-order valence-corrected chi connectivity index (χ3v) is 3.96. The first-order valence-corrected chi connectivity index (χ1v) is 8.01. The number of hydrogen-bond acceptors (Lipinski definition) is 3. The maximum Gasteiger partial charge on any atom is 0.275 e. The largest absolute Gasteiger partial charge is 0.497 e. The Bertz CT molecular complexity index is 810. The van der Waals surface area contributed by atoms with E-state index in [0.29, 0.717) is 23.0 Å². The molecule has 2 aromatic rings. The number of benzene rings is 2. The Labute approximate surface area is 145 Å². The SMILES string of the molecule is COc1cccc(CCC2=N/C(=C/c3ccc(Cl)cc3)C(=O)N2)c1. The number of aryl methyl sites for hydroxylation is 1. The average Bonchev–Trinajstić information content (AvgIpc) is 2.95. The summed E-state index contributed by atoms with van der Waals surface area (Å²) < 4.78 is 5.22. The summed E-state index contributed by atoms with van der Waals surface area (Å²) in [5.74, 6) is 1.34. The molecule has 0 saturated heterocycles. The van der Waals surface area contributed by atoms with E-state index in [1.165, 1.54) is 0 Å². The maximum atomic E-state index is 12.0. The molecule has 0 aromatic heterocycles. The molecule has 1 heterocycles. The van der Waals surface area contributed by atoms with Gasteiger partial charge >= 0.3 is 0 Å². The summed E-state index contributed by atoms with van der Waals surface area (Å²) in [5.41, 5.74) is 2.45. The number of rotatable bonds is 5. The summed E-state index contributed by atoms with van der Waals surface area (Å²) in [6, 6.07) is 15.2. The van der Waals surface area contributed by atoms with E-state index in [0.717, 1.165) is 23.3 Å². The lowest BCUT2D eigenvalue weighted by atomic mass is 10.1. The molecule has 0 radical (unpaired) electrons. The fourth-order valence-corrected chi connectivity index (χ4v) is 2.57. The van der Waals surface area contributed by atoms with Crippen molar-refractivity contribution in [3.8, 4) is 5.75 Å². The van der Waals surface area contributed by atoms with Gasteiger partial charge < -0.3 is 10.1 Å². The van der Waals surface area contributed by atoms with Crippen molar-refractivity contribution < 1.29 is 9.53 Å². The van der Waals surface area contributed by atoms with Gasteiger partial charge in [-0.15, -0.1) is 0 Å². The van der Waals surface area contributed by atoms with Gasteiger partial charge in [0.05, 0.1) is 7.11 Å². The van der Waals surface area contributed by atoms with Crippen LogP contribution in [0.2, 0.25) is 5.02 Å². The Morgan fingerprint density at radius 2 is 1.96 bits per heavy atom. The third-order valence-electron chi connectivity index (χ3n) is 3.70. The number of carbonyl (C=O) groups excluding carboxylic acids is 1. The van der Waals surface area contributed by atoms with Gasteiger partial charge in [-0.2, -0.15) is 0 Å². The van der Waals surface area contributed by atoms with E-state index in [-0.39, 0.29) is 5.91 Å². The lowest BCUT2D eigenvalue weighted by molar-refractivity contribution is -0.115. The van der Waals surface area contributed by atoms with Gasteiger partial charge in [-0.25, -0.2) is 4.99 Å². The van der Waals surface area contributed by atoms with Crippen molar-refractivity contribution in [2.45, 2.75) is 12.8 Å². The number of nitrogens with zero attached hydrogens (tertiary/aromatic N) is 1. The lowest BCUT2D eigenvalue weighted by Gasteiger charge is -2.04. The van der Waals surface area contributed by atoms with E-state index >= 15 is 0 Å². The molecule has 1 amide bonds. The van der Waals surface area contributed by atoms with Crippen LogP contribution in [0.4, 0.5) is 0 Å². The molecular formula is C19H17ClN2O2. The van der Waals surface area contributed by atoms with Gasteiger partial charge in [-0.1, -0.05) is 35.9 Å². The van der Waals surface area contributed by atoms with Crippen LogP contribution >= 0.6 is 11.6 Å². The number of carbonyl (C=O) groups is 1. The van der Waals surface area contributed by atoms with Crippen LogP contribution in [0.3, 0.4) is 0 Å². The minimum Gasteiger partial charge on any atom is -0.497 e. The van der Waals surface area contributed by atoms with Crippen LogP contribution in [0.5, 0.6) is 5.75 Å². The number of aliphatic imine (C=N–C) groups is 1. The molecule has 0 atom stereocenters. The zero-order chi connectivity index (χ0) is 16.9. The van der Waals surface area contributed by atoms with Crippen molar-refractivity contribution in [2.24, 2.45) is 4.99 Å². The molecule has 3 rings (SSSR count). The molecule has 0 spiro atoms. The van der Waals surface area contributed by atoms with Gasteiger partial charge in [0, 0.05) is 11.4 Å². The monoisotopic (exact) mass is 340 g/mol. The molecule has 122 valence electrons. The molecule has 0 unspecified atom stereocenters. The molecule has 0 fully saturated rings. The highest BCUT2D eigenvalue weighted by Gasteiger charge is 2.19. The third kappa shape index (κ3) is 4.03. The van der Waals surface area contributed by atoms with Crippen molar-refractivity contribution in [3.05, 3.63) is 70.4 Å². The minimum atomic E-state index is -0.175. The fraction of sp³-hybridized carbons (Fsp3) is 0.158. The van der Waals surface area contributed by atoms with E-state index < -0.39 is 0 Å². The Morgan fingerprint density at radius 3 is 2.71 bits per heavy atom. The normalized spacial score (nSPS) is 15.3. The van der Waals surface area contributed by atoms with Crippen molar-refractivity contribution in [3.63, 3.8) is 0 Å². The van der Waals surface area contributed by atoms with Gasteiger partial charge in [0.25, 0.3) is 5.91 Å². The van der Waals surface area contributed by atoms with Crippen LogP contribution in [0.25, 0.3) is 6.08 Å². The molecule has 4 nitrogen and oxygen atoms in total. The molecule has 1 N–H and O–H groups in total. The van der Waals surface area contributed by atoms with Gasteiger partial charge in [-0.3, -0.25) is 4.79 Å². The van der Waals surface area contributed by atoms with E-state index in [1.54, 1.807) is 25.3 Å². The summed E-state index contributed by atoms with van der Waals surface area (Å²) >= 11 is 5.86. The highest BCUT2D eigenvalue weighted by atomic mass is 35.5. The van der Waals surface area contributed by atoms with Crippen LogP contribution in [-0.2, 0) is 11.2 Å². The first-order valence-electron chi connectivity index (χ1n) is 7.63. The summed E-state index contributed by atoms with van der Waals surface area (Å²) in [4.78, 5) is 16.4. The van der Waals surface area contributed by atoms with Crippen molar-refractivity contribution in [2.75, 3.05) is 7.11 Å². The van der Waals surface area contributed by atoms with Crippen LogP contribution in [-0.4, -0.2) is 18.9 Å². The van der Waals surface area contributed by atoms with E-state index in [4.69, 9.17) is 16.3 Å². The Balaban J connectivity index is 1.68. The lowest BCUT2D eigenvalue weighted by Crippen LogP contribution is -2.24. The Morgan fingerprint density at radius 1 is 1.17 bits per heavy atom. The molecule has 2 aromatic carbocycles. The molecule has 0 aliphatic carbocycles. The zero-order valence-electron chi connectivity index (χ0n) is 13.3. The van der Waals surface area contributed by atoms with Crippen molar-refractivity contribution in [1.29, 1.82) is 0 Å². The smallest absolute Gasteiger partial charge is 0.275 e. The molecule has 0 bridgehead atoms. The standard InChI is InChI=1S/C19H17ClN2O2/c1-24-16-4-2-3-13(11-16)7-10-18-21-17(19(23)22-18)12-14-5-8-15(20)9-6-14/h2-6,8-9,11-12H,7,10H2,1H3,(H,21,22,23)/b17-12+. The number of ether oxygens (including phenoxy) is 1. The summed E-state index contributed by atoms with van der Waals surface area (Å²) in [6.07, 6.45) is 3.20. The molecule has 24 heavy (non-hydrogen) atoms. The number of amides is 1. The van der Waals surface area contributed by atoms with E-state index in [2.05, 4.69) is 10.3 Å². The van der Waals surface area contributed by atoms with Crippen LogP contribution < -0.4 is 10.1 Å². The number of halogens is 1. The highest BCUT2D eigenvalue weighted by Crippen LogP contribution is 2.17. The number of amidine groups is 1. The minimum absolute atomic E-state index is 0.175. The zero-order valence-corrected chi connectivity index (χ0v) is 14.0. The summed E-state index contributed by atoms with van der Waals surface area (Å²) in [7, 11) is 1.65. The Hall–Kier alpha value is -2.59. The van der Waals surface area contributed by atoms with Gasteiger partial charge in [0.1, 0.15) is 17.3 Å². The van der Waals surface area contributed by atoms with E-state index in [9.17, 15) is 4.79 Å². The molecule has 1 aliphatic rings. The van der Waals surface area contributed by atoms with Crippen molar-refractivity contribution in [1.82, 2.24) is 5.32 Å². The topological polar surface area (TPSA) is 50.7 Å². The first-order chi connectivity index (χ1) is 11.6. The predicted octanol–water partition coefficient (Wildman–Crippen LogP) is 3.85. The second-order valence-corrected chi connectivity index (χ2v) is 5.88. The van der Waals surface area contributed by atoms with Crippen LogP contribution in [0, 0.1) is 0 Å². The molecule has 1 aliphatic heterocycles. The van der Waals surface area contributed by atoms with Gasteiger partial charge in [0.2, 0.25) is 0 Å². The molecule has 0 saturated carbocycles. The number of nitrogens with one attached hydrogen (secondary N) is 1. The fourth-order valence-electron chi connectivity index (χ4n) is 2.44. The van der Waals surface area contributed by atoms with Crippen molar-refractivity contribution >= 4 is 29.4 Å². The number of methoxy groups -OCH3 is 1. The molecular weight excluding hydrogens is 324 g/mol. The average molecular weight is 341 g/mol. The number of hydrogen-bond donors (Lipinski definition) is 1. The predicted molar refractivity (Wildman–Crippen MR) is 96.3 cm³/mol.